The van der Waals surface area contributed by atoms with Crippen LogP contribution >= 0.6 is 11.8 Å². The van der Waals surface area contributed by atoms with Gasteiger partial charge in [-0.05, 0) is 45.3 Å². The maximum Gasteiger partial charge on any atom is 0.196 e. The Morgan fingerprint density at radius 2 is 1.78 bits per heavy atom. The fourth-order valence-corrected chi connectivity index (χ4v) is 3.40. The van der Waals surface area contributed by atoms with Crippen molar-refractivity contribution < 1.29 is 9.18 Å². The number of carbonyl (C=O) groups is 1. The van der Waals surface area contributed by atoms with Crippen LogP contribution in [0.25, 0.3) is 5.69 Å². The van der Waals surface area contributed by atoms with E-state index in [1.54, 1.807) is 24.3 Å². The summed E-state index contributed by atoms with van der Waals surface area (Å²) in [7, 11) is 3.92. The molecular weight excluding hydrogens is 363 g/mol. The molecule has 2 aromatic carbocycles. The molecule has 0 aliphatic rings. The first kappa shape index (κ1) is 19.3. The first-order chi connectivity index (χ1) is 13.0. The Morgan fingerprint density at radius 1 is 1.11 bits per heavy atom. The van der Waals surface area contributed by atoms with Gasteiger partial charge in [0.05, 0.1) is 11.8 Å². The minimum atomic E-state index is -0.303. The van der Waals surface area contributed by atoms with Crippen LogP contribution in [-0.2, 0) is 0 Å². The predicted molar refractivity (Wildman–Crippen MR) is 105 cm³/mol. The summed E-state index contributed by atoms with van der Waals surface area (Å²) in [5, 5.41) is 9.23. The van der Waals surface area contributed by atoms with Crippen molar-refractivity contribution in [2.45, 2.75) is 18.1 Å². The fourth-order valence-electron chi connectivity index (χ4n) is 2.55. The van der Waals surface area contributed by atoms with Crippen LogP contribution in [0.15, 0.2) is 59.8 Å². The topological polar surface area (TPSA) is 51.0 Å². The second-order valence-corrected chi connectivity index (χ2v) is 7.31. The number of benzene rings is 2. The van der Waals surface area contributed by atoms with Crippen molar-refractivity contribution in [1.82, 2.24) is 19.7 Å². The summed E-state index contributed by atoms with van der Waals surface area (Å²) in [6.07, 6.45) is 0. The van der Waals surface area contributed by atoms with E-state index in [4.69, 9.17) is 0 Å². The predicted octanol–water partition coefficient (Wildman–Crippen LogP) is 4.00. The summed E-state index contributed by atoms with van der Waals surface area (Å²) in [6, 6.07) is 15.4. The van der Waals surface area contributed by atoms with E-state index in [0.29, 0.717) is 10.7 Å². The minimum absolute atomic E-state index is 0.00160. The third kappa shape index (κ3) is 4.43. The van der Waals surface area contributed by atoms with Crippen LogP contribution in [0.5, 0.6) is 0 Å². The molecule has 27 heavy (non-hydrogen) atoms. The largest absolute Gasteiger partial charge is 0.300 e. The van der Waals surface area contributed by atoms with E-state index in [1.807, 2.05) is 48.7 Å². The van der Waals surface area contributed by atoms with Gasteiger partial charge in [0, 0.05) is 11.3 Å². The van der Waals surface area contributed by atoms with Crippen LogP contribution in [0.1, 0.15) is 29.1 Å². The third-order valence-corrected chi connectivity index (χ3v) is 5.25. The molecule has 0 saturated heterocycles. The number of hydrogen-bond acceptors (Lipinski definition) is 5. The Balaban J connectivity index is 1.90. The molecule has 7 heteroatoms. The van der Waals surface area contributed by atoms with E-state index in [9.17, 15) is 9.18 Å². The first-order valence-corrected chi connectivity index (χ1v) is 9.54. The zero-order chi connectivity index (χ0) is 19.4. The molecule has 1 aromatic heterocycles. The van der Waals surface area contributed by atoms with Crippen LogP contribution < -0.4 is 0 Å². The minimum Gasteiger partial charge on any atom is -0.300 e. The van der Waals surface area contributed by atoms with Gasteiger partial charge < -0.3 is 0 Å². The Kier molecular flexibility index (Phi) is 6.03. The smallest absolute Gasteiger partial charge is 0.196 e. The number of halogens is 1. The quantitative estimate of drug-likeness (QED) is 0.455. The second kappa shape index (κ2) is 8.45. The third-order valence-electron chi connectivity index (χ3n) is 4.32. The van der Waals surface area contributed by atoms with Crippen LogP contribution in [0.3, 0.4) is 0 Å². The van der Waals surface area contributed by atoms with Crippen LogP contribution in [0.2, 0.25) is 0 Å². The molecule has 0 spiro atoms. The van der Waals surface area contributed by atoms with Gasteiger partial charge in [0.15, 0.2) is 16.8 Å². The van der Waals surface area contributed by atoms with Gasteiger partial charge in [0.1, 0.15) is 5.82 Å². The van der Waals surface area contributed by atoms with Crippen LogP contribution in [0, 0.1) is 5.82 Å². The number of nitrogens with zero attached hydrogens (tertiary/aromatic N) is 4. The van der Waals surface area contributed by atoms with Gasteiger partial charge in [-0.1, -0.05) is 42.1 Å². The molecule has 0 aliphatic heterocycles. The van der Waals surface area contributed by atoms with Gasteiger partial charge in [-0.2, -0.15) is 0 Å². The molecule has 3 aromatic rings. The zero-order valence-corrected chi connectivity index (χ0v) is 16.3. The zero-order valence-electron chi connectivity index (χ0n) is 15.5. The van der Waals surface area contributed by atoms with Gasteiger partial charge in [0.25, 0.3) is 0 Å². The van der Waals surface area contributed by atoms with Crippen molar-refractivity contribution in [2.24, 2.45) is 0 Å². The monoisotopic (exact) mass is 384 g/mol. The number of hydrogen-bond donors (Lipinski definition) is 0. The summed E-state index contributed by atoms with van der Waals surface area (Å²) in [4.78, 5) is 14.4. The Morgan fingerprint density at radius 3 is 2.41 bits per heavy atom. The van der Waals surface area contributed by atoms with Crippen molar-refractivity contribution in [1.29, 1.82) is 0 Å². The van der Waals surface area contributed by atoms with Crippen molar-refractivity contribution in [3.8, 4) is 5.69 Å². The lowest BCUT2D eigenvalue weighted by Gasteiger charge is -2.20. The average molecular weight is 384 g/mol. The highest BCUT2D eigenvalue weighted by Crippen LogP contribution is 2.27. The molecule has 0 unspecified atom stereocenters. The lowest BCUT2D eigenvalue weighted by Crippen LogP contribution is -2.20. The fraction of sp³-hybridized carbons (Fsp3) is 0.250. The van der Waals surface area contributed by atoms with E-state index in [0.717, 1.165) is 11.5 Å². The number of ketones is 1. The maximum atomic E-state index is 13.4. The summed E-state index contributed by atoms with van der Waals surface area (Å²) in [5.41, 5.74) is 1.43. The van der Waals surface area contributed by atoms with E-state index < -0.39 is 0 Å². The molecule has 1 heterocycles. The highest BCUT2D eigenvalue weighted by molar-refractivity contribution is 7.99. The van der Waals surface area contributed by atoms with E-state index in [-0.39, 0.29) is 23.4 Å². The van der Waals surface area contributed by atoms with Crippen LogP contribution in [-0.4, -0.2) is 45.3 Å². The molecular formula is C20H21FN4OS. The van der Waals surface area contributed by atoms with Gasteiger partial charge in [-0.3, -0.25) is 14.3 Å². The Labute approximate surface area is 162 Å². The number of thioether (sulfide) groups is 1. The van der Waals surface area contributed by atoms with Gasteiger partial charge in [0.2, 0.25) is 0 Å². The summed E-state index contributed by atoms with van der Waals surface area (Å²) >= 11 is 1.33. The molecule has 3 rings (SSSR count). The number of rotatable bonds is 7. The normalized spacial score (nSPS) is 12.3. The molecule has 0 amide bonds. The summed E-state index contributed by atoms with van der Waals surface area (Å²) in [5.74, 6) is 0.708. The molecule has 0 bridgehead atoms. The van der Waals surface area contributed by atoms with Gasteiger partial charge >= 0.3 is 0 Å². The molecule has 5 nitrogen and oxygen atoms in total. The van der Waals surface area contributed by atoms with Crippen molar-refractivity contribution >= 4 is 17.5 Å². The van der Waals surface area contributed by atoms with Crippen LogP contribution in [0.4, 0.5) is 4.39 Å². The molecule has 0 aliphatic carbocycles. The van der Waals surface area contributed by atoms with E-state index >= 15 is 0 Å². The van der Waals surface area contributed by atoms with E-state index in [1.165, 1.54) is 23.9 Å². The van der Waals surface area contributed by atoms with Crippen molar-refractivity contribution in [3.63, 3.8) is 0 Å². The standard InChI is InChI=1S/C20H21FN4OS/c1-14(24(2)3)19-22-23-20(25(19)17-11-9-16(21)10-12-17)27-13-18(26)15-7-5-4-6-8-15/h4-12,14H,13H2,1-3H3/t14-/m0/s1. The molecule has 0 fully saturated rings. The van der Waals surface area contributed by atoms with Crippen molar-refractivity contribution in [3.05, 3.63) is 71.8 Å². The molecule has 140 valence electrons. The number of aromatic nitrogens is 3. The van der Waals surface area contributed by atoms with E-state index in [2.05, 4.69) is 10.2 Å². The summed E-state index contributed by atoms with van der Waals surface area (Å²) in [6.45, 7) is 2.02. The molecule has 0 radical (unpaired) electrons. The highest BCUT2D eigenvalue weighted by atomic mass is 32.2. The maximum absolute atomic E-state index is 13.4. The Bertz CT molecular complexity index is 909. The molecule has 0 saturated carbocycles. The SMILES string of the molecule is C[C@@H](c1nnc(SCC(=O)c2ccccc2)n1-c1ccc(F)cc1)N(C)C. The average Bonchev–Trinajstić information content (AvgIpc) is 3.10. The molecule has 1 atom stereocenters. The lowest BCUT2D eigenvalue weighted by atomic mass is 10.2. The van der Waals surface area contributed by atoms with Crippen molar-refractivity contribution in [2.75, 3.05) is 19.8 Å². The lowest BCUT2D eigenvalue weighted by molar-refractivity contribution is 0.102. The Hall–Kier alpha value is -2.51. The molecule has 0 N–H and O–H groups in total. The number of carbonyl (C=O) groups excluding carboxylic acids is 1. The number of Topliss-reactive ketones (excluding diaryl/α,β-unsaturated/α-hetero) is 1. The highest BCUT2D eigenvalue weighted by Gasteiger charge is 2.21. The summed E-state index contributed by atoms with van der Waals surface area (Å²) < 4.78 is 15.2. The van der Waals surface area contributed by atoms with Gasteiger partial charge in [-0.15, -0.1) is 10.2 Å². The first-order valence-electron chi connectivity index (χ1n) is 8.56. The van der Waals surface area contributed by atoms with Gasteiger partial charge in [-0.25, -0.2) is 4.39 Å². The second-order valence-electron chi connectivity index (χ2n) is 6.37.